The van der Waals surface area contributed by atoms with Gasteiger partial charge in [-0.2, -0.15) is 4.31 Å². The monoisotopic (exact) mass is 576 g/mol. The molecule has 1 aliphatic heterocycles. The van der Waals surface area contributed by atoms with Crippen molar-refractivity contribution in [3.05, 3.63) is 107 Å². The zero-order chi connectivity index (χ0) is 29.0. The van der Waals surface area contributed by atoms with Gasteiger partial charge in [-0.15, -0.1) is 15.9 Å². The lowest BCUT2D eigenvalue weighted by atomic mass is 9.88. The summed E-state index contributed by atoms with van der Waals surface area (Å²) in [6, 6.07) is 23.0. The lowest BCUT2D eigenvalue weighted by Crippen LogP contribution is -2.33. The molecule has 41 heavy (non-hydrogen) atoms. The third-order valence-electron chi connectivity index (χ3n) is 7.43. The Kier molecular flexibility index (Phi) is 8.74. The molecule has 0 saturated carbocycles. The molecule has 2 heterocycles. The number of fused-ring (bicyclic) bond motifs is 1. The van der Waals surface area contributed by atoms with Gasteiger partial charge in [0.25, 0.3) is 0 Å². The van der Waals surface area contributed by atoms with Crippen LogP contribution in [0.3, 0.4) is 0 Å². The van der Waals surface area contributed by atoms with Crippen LogP contribution in [0.2, 0.25) is 0 Å². The third-order valence-corrected chi connectivity index (χ3v) is 9.35. The Balaban J connectivity index is 1.33. The van der Waals surface area contributed by atoms with Gasteiger partial charge in [0.15, 0.2) is 0 Å². The summed E-state index contributed by atoms with van der Waals surface area (Å²) in [5.74, 6) is -0.622. The highest BCUT2D eigenvalue weighted by molar-refractivity contribution is 8.22. The van der Waals surface area contributed by atoms with Crippen molar-refractivity contribution >= 4 is 16.7 Å². The van der Waals surface area contributed by atoms with Gasteiger partial charge in [0, 0.05) is 12.7 Å². The Hall–Kier alpha value is -3.70. The molecule has 2 atom stereocenters. The first-order valence-corrected chi connectivity index (χ1v) is 15.2. The Morgan fingerprint density at radius 1 is 1.07 bits per heavy atom. The summed E-state index contributed by atoms with van der Waals surface area (Å²) >= 11 is 0. The number of carbonyl (C=O) groups is 1. The van der Waals surface area contributed by atoms with Crippen molar-refractivity contribution in [2.45, 2.75) is 63.1 Å². The number of hydrogen-bond donors (Lipinski definition) is 3. The van der Waals surface area contributed by atoms with Crippen LogP contribution in [0.25, 0.3) is 0 Å². The van der Waals surface area contributed by atoms with Gasteiger partial charge in [0.2, 0.25) is 0 Å². The van der Waals surface area contributed by atoms with Gasteiger partial charge in [-0.3, -0.25) is 13.9 Å². The molecule has 2 unspecified atom stereocenters. The average molecular weight is 577 g/mol. The van der Waals surface area contributed by atoms with Crippen molar-refractivity contribution in [3.8, 4) is 5.75 Å². The number of aliphatic carboxylic acids is 1. The van der Waals surface area contributed by atoms with Crippen LogP contribution in [0.1, 0.15) is 53.6 Å². The molecule has 0 aliphatic carbocycles. The topological polar surface area (TPSA) is 121 Å². The first-order valence-electron chi connectivity index (χ1n) is 13.7. The molecule has 0 amide bonds. The Morgan fingerprint density at radius 2 is 1.83 bits per heavy atom. The molecule has 4 aromatic rings. The van der Waals surface area contributed by atoms with E-state index in [1.165, 1.54) is 0 Å². The lowest BCUT2D eigenvalue weighted by molar-refractivity contribution is -0.137. The lowest BCUT2D eigenvalue weighted by Gasteiger charge is -2.42. The fraction of sp³-hybridized carbons (Fsp3) is 0.323. The number of rotatable bonds is 10. The molecule has 0 bridgehead atoms. The van der Waals surface area contributed by atoms with Gasteiger partial charge < -0.3 is 9.84 Å². The predicted molar refractivity (Wildman–Crippen MR) is 158 cm³/mol. The van der Waals surface area contributed by atoms with Crippen molar-refractivity contribution < 1.29 is 23.7 Å². The quantitative estimate of drug-likeness (QED) is 0.206. The summed E-state index contributed by atoms with van der Waals surface area (Å²) in [7, 11) is -3.29. The Morgan fingerprint density at radius 3 is 2.61 bits per heavy atom. The smallest absolute Gasteiger partial charge is 0.303 e. The number of aryl methyl sites for hydroxylation is 2. The predicted octanol–water partition coefficient (Wildman–Crippen LogP) is 6.13. The first kappa shape index (κ1) is 28.8. The minimum atomic E-state index is -3.29. The fourth-order valence-electron chi connectivity index (χ4n) is 5.24. The van der Waals surface area contributed by atoms with Crippen LogP contribution in [-0.4, -0.2) is 52.1 Å². The molecule has 216 valence electrons. The van der Waals surface area contributed by atoms with Crippen LogP contribution >= 0.6 is 10.8 Å². The van der Waals surface area contributed by atoms with E-state index in [1.807, 2.05) is 74.6 Å². The van der Waals surface area contributed by atoms with Gasteiger partial charge >= 0.3 is 5.97 Å². The number of carboxylic acid groups (broad SMARTS) is 1. The van der Waals surface area contributed by atoms with E-state index in [0.717, 1.165) is 27.9 Å². The van der Waals surface area contributed by atoms with Crippen LogP contribution in [-0.2, 0) is 24.3 Å². The van der Waals surface area contributed by atoms with E-state index in [9.17, 15) is 19.0 Å². The molecule has 3 aromatic carbocycles. The van der Waals surface area contributed by atoms with E-state index < -0.39 is 16.7 Å². The molecule has 0 spiro atoms. The molecule has 9 nitrogen and oxygen atoms in total. The summed E-state index contributed by atoms with van der Waals surface area (Å²) in [6.45, 7) is 5.13. The maximum Gasteiger partial charge on any atom is 0.303 e. The van der Waals surface area contributed by atoms with E-state index in [4.69, 9.17) is 4.74 Å². The second-order valence-electron chi connectivity index (χ2n) is 10.6. The Labute approximate surface area is 241 Å². The third kappa shape index (κ3) is 6.97. The number of ether oxygens (including phenoxy) is 1. The number of carboxylic acids is 1. The summed E-state index contributed by atoms with van der Waals surface area (Å²) in [5, 5.41) is 18.3. The van der Waals surface area contributed by atoms with Crippen molar-refractivity contribution in [1.29, 1.82) is 0 Å². The van der Waals surface area contributed by atoms with E-state index in [2.05, 4.69) is 10.3 Å². The first-order chi connectivity index (χ1) is 19.7. The largest absolute Gasteiger partial charge is 0.487 e. The Bertz CT molecular complexity index is 1490. The molecule has 5 rings (SSSR count). The minimum absolute atomic E-state index is 0.0161. The van der Waals surface area contributed by atoms with Crippen LogP contribution in [0.15, 0.2) is 83.9 Å². The van der Waals surface area contributed by atoms with Gasteiger partial charge in [0.1, 0.15) is 16.7 Å². The second-order valence-corrected chi connectivity index (χ2v) is 12.6. The maximum absolute atomic E-state index is 11.8. The molecule has 1 aromatic heterocycles. The standard InChI is InChI=1S/C31H36N4O5S/c1-22-12-13-25(16-27(22)20-35-18-23(2)40-29-10-6-7-11-30(29)41(35,38)39)26(17-31(36)37)14-15-28-21-34(33-32-28)19-24-8-4-3-5-9-24/h3-13,16,21,23,26,38-39H,14-15,17-20H2,1-2H3,(H,36,37). The summed E-state index contributed by atoms with van der Waals surface area (Å²) in [5.41, 5.74) is 4.76. The van der Waals surface area contributed by atoms with E-state index in [-0.39, 0.29) is 25.0 Å². The molecular formula is C31H36N4O5S. The van der Waals surface area contributed by atoms with Gasteiger partial charge in [-0.05, 0) is 67.0 Å². The number of para-hydroxylation sites is 1. The van der Waals surface area contributed by atoms with E-state index in [0.29, 0.717) is 36.6 Å². The summed E-state index contributed by atoms with van der Waals surface area (Å²) < 4.78 is 32.1. The number of benzene rings is 3. The van der Waals surface area contributed by atoms with Crippen molar-refractivity contribution in [3.63, 3.8) is 0 Å². The van der Waals surface area contributed by atoms with Crippen LogP contribution in [0.4, 0.5) is 0 Å². The van der Waals surface area contributed by atoms with Gasteiger partial charge in [0.05, 0.1) is 25.2 Å². The van der Waals surface area contributed by atoms with Crippen molar-refractivity contribution in [2.75, 3.05) is 6.54 Å². The zero-order valence-corrected chi connectivity index (χ0v) is 24.1. The van der Waals surface area contributed by atoms with Crippen LogP contribution in [0, 0.1) is 6.92 Å². The molecule has 10 heteroatoms. The highest BCUT2D eigenvalue weighted by atomic mass is 32.3. The molecule has 0 fully saturated rings. The summed E-state index contributed by atoms with van der Waals surface area (Å²) in [4.78, 5) is 12.2. The zero-order valence-electron chi connectivity index (χ0n) is 23.3. The minimum Gasteiger partial charge on any atom is -0.487 e. The van der Waals surface area contributed by atoms with Crippen molar-refractivity contribution in [2.24, 2.45) is 0 Å². The SMILES string of the molecule is Cc1ccc(C(CCc2cn(Cc3ccccc3)nn2)CC(=O)O)cc1CN1CC(C)Oc2ccccc2S1(O)O. The second kappa shape index (κ2) is 12.4. The van der Waals surface area contributed by atoms with E-state index >= 15 is 0 Å². The molecule has 0 radical (unpaired) electrons. The number of hydrogen-bond acceptors (Lipinski definition) is 7. The van der Waals surface area contributed by atoms with Gasteiger partial charge in [-0.25, -0.2) is 4.68 Å². The average Bonchev–Trinajstić information content (AvgIpc) is 3.36. The normalized spacial score (nSPS) is 18.1. The molecule has 3 N–H and O–H groups in total. The molecular weight excluding hydrogens is 540 g/mol. The fourth-order valence-corrected chi connectivity index (χ4v) is 6.90. The molecule has 0 saturated heterocycles. The van der Waals surface area contributed by atoms with Crippen molar-refractivity contribution in [1.82, 2.24) is 19.3 Å². The number of aromatic nitrogens is 3. The van der Waals surface area contributed by atoms with Crippen LogP contribution in [0.5, 0.6) is 5.75 Å². The number of nitrogens with zero attached hydrogens (tertiary/aromatic N) is 4. The van der Waals surface area contributed by atoms with Crippen LogP contribution < -0.4 is 4.74 Å². The highest BCUT2D eigenvalue weighted by Crippen LogP contribution is 2.57. The molecule has 1 aliphatic rings. The highest BCUT2D eigenvalue weighted by Gasteiger charge is 2.34. The summed E-state index contributed by atoms with van der Waals surface area (Å²) in [6.07, 6.45) is 2.84. The van der Waals surface area contributed by atoms with E-state index in [1.54, 1.807) is 27.2 Å². The van der Waals surface area contributed by atoms with Gasteiger partial charge in [-0.1, -0.05) is 65.9 Å². The maximum atomic E-state index is 11.8.